The van der Waals surface area contributed by atoms with Crippen molar-refractivity contribution in [3.05, 3.63) is 60.2 Å². The second kappa shape index (κ2) is 5.97. The van der Waals surface area contributed by atoms with Gasteiger partial charge in [-0.05, 0) is 48.5 Å². The molecule has 0 spiro atoms. The van der Waals surface area contributed by atoms with E-state index < -0.39 is 0 Å². The first-order chi connectivity index (χ1) is 10.2. The van der Waals surface area contributed by atoms with Crippen LogP contribution in [0, 0.1) is 5.82 Å². The lowest BCUT2D eigenvalue weighted by molar-refractivity contribution is 0.425. The molecule has 2 N–H and O–H groups in total. The van der Waals surface area contributed by atoms with E-state index in [-0.39, 0.29) is 5.82 Å². The van der Waals surface area contributed by atoms with Crippen LogP contribution in [0.3, 0.4) is 0 Å². The van der Waals surface area contributed by atoms with Gasteiger partial charge in [-0.1, -0.05) is 5.16 Å². The Morgan fingerprint density at radius 3 is 2.48 bits per heavy atom. The molecule has 2 aromatic carbocycles. The van der Waals surface area contributed by atoms with E-state index in [1.54, 1.807) is 23.9 Å². The summed E-state index contributed by atoms with van der Waals surface area (Å²) in [5, 5.41) is 3.92. The standard InChI is InChI=1S/C15H12FN3OS/c16-11-3-1-10(2-4-11)15-18-14(19-20-15)9-21-13-7-5-12(17)6-8-13/h1-8H,9,17H2. The van der Waals surface area contributed by atoms with Crippen LogP contribution in [0.2, 0.25) is 0 Å². The summed E-state index contributed by atoms with van der Waals surface area (Å²) in [7, 11) is 0. The maximum Gasteiger partial charge on any atom is 0.257 e. The molecule has 1 heterocycles. The lowest BCUT2D eigenvalue weighted by atomic mass is 10.2. The highest BCUT2D eigenvalue weighted by Crippen LogP contribution is 2.24. The first-order valence-corrected chi connectivity index (χ1v) is 7.26. The molecule has 0 aliphatic heterocycles. The van der Waals surface area contributed by atoms with Gasteiger partial charge in [0, 0.05) is 16.1 Å². The van der Waals surface area contributed by atoms with Crippen molar-refractivity contribution in [2.24, 2.45) is 0 Å². The first-order valence-electron chi connectivity index (χ1n) is 6.27. The lowest BCUT2D eigenvalue weighted by Crippen LogP contribution is -1.86. The zero-order valence-electron chi connectivity index (χ0n) is 11.0. The number of thioether (sulfide) groups is 1. The van der Waals surface area contributed by atoms with Gasteiger partial charge >= 0.3 is 0 Å². The van der Waals surface area contributed by atoms with Crippen molar-refractivity contribution in [1.29, 1.82) is 0 Å². The molecule has 3 rings (SSSR count). The molecule has 0 fully saturated rings. The number of halogens is 1. The maximum atomic E-state index is 12.9. The molecule has 6 heteroatoms. The topological polar surface area (TPSA) is 64.9 Å². The Labute approximate surface area is 125 Å². The predicted molar refractivity (Wildman–Crippen MR) is 80.1 cm³/mol. The number of hydrogen-bond acceptors (Lipinski definition) is 5. The van der Waals surface area contributed by atoms with Gasteiger partial charge in [-0.2, -0.15) is 4.98 Å². The Balaban J connectivity index is 1.67. The van der Waals surface area contributed by atoms with Crippen LogP contribution in [0.25, 0.3) is 11.5 Å². The van der Waals surface area contributed by atoms with E-state index in [1.165, 1.54) is 12.1 Å². The molecule has 3 aromatic rings. The molecule has 0 unspecified atom stereocenters. The van der Waals surface area contributed by atoms with Gasteiger partial charge in [-0.15, -0.1) is 11.8 Å². The van der Waals surface area contributed by atoms with Crippen LogP contribution in [-0.2, 0) is 5.75 Å². The summed E-state index contributed by atoms with van der Waals surface area (Å²) >= 11 is 1.59. The number of nitrogens with two attached hydrogens (primary N) is 1. The van der Waals surface area contributed by atoms with Gasteiger partial charge in [-0.3, -0.25) is 0 Å². The monoisotopic (exact) mass is 301 g/mol. The smallest absolute Gasteiger partial charge is 0.257 e. The van der Waals surface area contributed by atoms with Crippen LogP contribution >= 0.6 is 11.8 Å². The number of nitrogens with zero attached hydrogens (tertiary/aromatic N) is 2. The van der Waals surface area contributed by atoms with Crippen molar-refractivity contribution in [1.82, 2.24) is 10.1 Å². The third kappa shape index (κ3) is 3.41. The number of hydrogen-bond donors (Lipinski definition) is 1. The third-order valence-electron chi connectivity index (χ3n) is 2.81. The van der Waals surface area contributed by atoms with Crippen molar-refractivity contribution < 1.29 is 8.91 Å². The second-order valence-electron chi connectivity index (χ2n) is 4.38. The van der Waals surface area contributed by atoms with Gasteiger partial charge in [0.1, 0.15) is 5.82 Å². The highest BCUT2D eigenvalue weighted by molar-refractivity contribution is 7.98. The molecule has 0 atom stereocenters. The Morgan fingerprint density at radius 1 is 1.05 bits per heavy atom. The van der Waals surface area contributed by atoms with Crippen molar-refractivity contribution >= 4 is 17.4 Å². The Bertz CT molecular complexity index is 725. The molecule has 1 aromatic heterocycles. The molecule has 21 heavy (non-hydrogen) atoms. The lowest BCUT2D eigenvalue weighted by Gasteiger charge is -1.98. The number of benzene rings is 2. The molecule has 0 bridgehead atoms. The SMILES string of the molecule is Nc1ccc(SCc2noc(-c3ccc(F)cc3)n2)cc1. The van der Waals surface area contributed by atoms with Crippen molar-refractivity contribution in [2.75, 3.05) is 5.73 Å². The first kappa shape index (κ1) is 13.6. The van der Waals surface area contributed by atoms with Crippen LogP contribution in [0.5, 0.6) is 0 Å². The molecule has 4 nitrogen and oxygen atoms in total. The van der Waals surface area contributed by atoms with Gasteiger partial charge < -0.3 is 10.3 Å². The summed E-state index contributed by atoms with van der Waals surface area (Å²) < 4.78 is 18.0. The highest BCUT2D eigenvalue weighted by Gasteiger charge is 2.09. The van der Waals surface area contributed by atoms with Crippen LogP contribution < -0.4 is 5.73 Å². The van der Waals surface area contributed by atoms with Crippen LogP contribution in [-0.4, -0.2) is 10.1 Å². The maximum absolute atomic E-state index is 12.9. The van der Waals surface area contributed by atoms with Gasteiger partial charge in [0.2, 0.25) is 0 Å². The summed E-state index contributed by atoms with van der Waals surface area (Å²) in [4.78, 5) is 5.38. The van der Waals surface area contributed by atoms with E-state index in [0.717, 1.165) is 10.6 Å². The summed E-state index contributed by atoms with van der Waals surface area (Å²) in [5.74, 6) is 1.28. The number of anilines is 1. The van der Waals surface area contributed by atoms with Crippen LogP contribution in [0.1, 0.15) is 5.82 Å². The summed E-state index contributed by atoms with van der Waals surface area (Å²) in [6.07, 6.45) is 0. The Hall–Kier alpha value is -2.34. The zero-order valence-corrected chi connectivity index (χ0v) is 11.8. The molecule has 0 amide bonds. The molecule has 106 valence electrons. The minimum absolute atomic E-state index is 0.294. The van der Waals surface area contributed by atoms with E-state index in [2.05, 4.69) is 10.1 Å². The molecule has 0 aliphatic carbocycles. The fourth-order valence-electron chi connectivity index (χ4n) is 1.73. The van der Waals surface area contributed by atoms with Crippen LogP contribution in [0.4, 0.5) is 10.1 Å². The minimum Gasteiger partial charge on any atom is -0.399 e. The van der Waals surface area contributed by atoms with Gasteiger partial charge in [-0.25, -0.2) is 4.39 Å². The normalized spacial score (nSPS) is 10.7. The second-order valence-corrected chi connectivity index (χ2v) is 5.43. The molecule has 0 aliphatic rings. The minimum atomic E-state index is -0.294. The van der Waals surface area contributed by atoms with Crippen molar-refractivity contribution in [2.45, 2.75) is 10.6 Å². The Kier molecular flexibility index (Phi) is 3.87. The Morgan fingerprint density at radius 2 is 1.76 bits per heavy atom. The average Bonchev–Trinajstić information content (AvgIpc) is 2.96. The molecular weight excluding hydrogens is 289 g/mol. The predicted octanol–water partition coefficient (Wildman–Crippen LogP) is 3.75. The fraction of sp³-hybridized carbons (Fsp3) is 0.0667. The number of aromatic nitrogens is 2. The summed E-state index contributed by atoms with van der Waals surface area (Å²) in [6, 6.07) is 13.5. The number of nitrogen functional groups attached to an aromatic ring is 1. The molecular formula is C15H12FN3OS. The highest BCUT2D eigenvalue weighted by atomic mass is 32.2. The van der Waals surface area contributed by atoms with E-state index in [1.807, 2.05) is 24.3 Å². The fourth-order valence-corrected chi connectivity index (χ4v) is 2.48. The van der Waals surface area contributed by atoms with Gasteiger partial charge in [0.15, 0.2) is 5.82 Å². The number of rotatable bonds is 4. The van der Waals surface area contributed by atoms with E-state index in [9.17, 15) is 4.39 Å². The molecule has 0 saturated heterocycles. The van der Waals surface area contributed by atoms with Gasteiger partial charge in [0.25, 0.3) is 5.89 Å². The van der Waals surface area contributed by atoms with Gasteiger partial charge in [0.05, 0.1) is 5.75 Å². The largest absolute Gasteiger partial charge is 0.399 e. The summed E-state index contributed by atoms with van der Waals surface area (Å²) in [5.41, 5.74) is 7.07. The molecule has 0 saturated carbocycles. The van der Waals surface area contributed by atoms with Crippen molar-refractivity contribution in [3.8, 4) is 11.5 Å². The molecule has 0 radical (unpaired) electrons. The average molecular weight is 301 g/mol. The van der Waals surface area contributed by atoms with Crippen molar-refractivity contribution in [3.63, 3.8) is 0 Å². The van der Waals surface area contributed by atoms with Crippen LogP contribution in [0.15, 0.2) is 57.9 Å². The van der Waals surface area contributed by atoms with E-state index in [0.29, 0.717) is 23.0 Å². The quantitative estimate of drug-likeness (QED) is 0.587. The third-order valence-corrected chi connectivity index (χ3v) is 3.82. The summed E-state index contributed by atoms with van der Waals surface area (Å²) in [6.45, 7) is 0. The van der Waals surface area contributed by atoms with E-state index in [4.69, 9.17) is 10.3 Å². The van der Waals surface area contributed by atoms with E-state index >= 15 is 0 Å². The zero-order chi connectivity index (χ0) is 14.7.